The van der Waals surface area contributed by atoms with Gasteiger partial charge in [-0.25, -0.2) is 4.79 Å². The number of nitrogens with zero attached hydrogens (tertiary/aromatic N) is 1. The molecule has 1 saturated heterocycles. The van der Waals surface area contributed by atoms with Crippen molar-refractivity contribution in [3.8, 4) is 5.75 Å². The van der Waals surface area contributed by atoms with Gasteiger partial charge in [-0.15, -0.1) is 0 Å². The summed E-state index contributed by atoms with van der Waals surface area (Å²) in [4.78, 5) is 27.9. The number of amides is 1. The van der Waals surface area contributed by atoms with E-state index in [9.17, 15) is 14.7 Å². The fraction of sp³-hybridized carbons (Fsp3) is 0.529. The Balaban J connectivity index is 1.28. The topological polar surface area (TPSA) is 80.0 Å². The Kier molecular flexibility index (Phi) is 7.84. The standard InChI is InChI=1S/C34H43NO5/c1-20-21(2)23(4)30(24(5)22(20)3)19-39-27-10-11-28-25(6)29(33(37)40-31(28)17-27)12-13-32(36)35-16-15-34(38)14-8-7-9-26(34)18-35/h10-11,17,26,38H,7-9,12-16,18-19H2,1-6H3/t26-,34-/m1/s1. The molecule has 2 heterocycles. The zero-order valence-electron chi connectivity index (χ0n) is 24.9. The second-order valence-corrected chi connectivity index (χ2v) is 12.2. The third-order valence-electron chi connectivity index (χ3n) is 10.2. The number of fused-ring (bicyclic) bond motifs is 2. The van der Waals surface area contributed by atoms with Crippen LogP contribution in [0, 0.1) is 47.5 Å². The molecule has 0 bridgehead atoms. The van der Waals surface area contributed by atoms with Crippen LogP contribution in [0.5, 0.6) is 5.75 Å². The Hall–Kier alpha value is -3.12. The van der Waals surface area contributed by atoms with Gasteiger partial charge in [-0.05, 0) is 118 Å². The van der Waals surface area contributed by atoms with Crippen LogP contribution < -0.4 is 10.4 Å². The number of carbonyl (C=O) groups is 1. The lowest BCUT2D eigenvalue weighted by atomic mass is 9.71. The largest absolute Gasteiger partial charge is 0.489 e. The first-order valence-corrected chi connectivity index (χ1v) is 14.7. The number of carbonyl (C=O) groups excluding carboxylic acids is 1. The summed E-state index contributed by atoms with van der Waals surface area (Å²) < 4.78 is 11.9. The van der Waals surface area contributed by atoms with Crippen molar-refractivity contribution in [2.45, 2.75) is 98.7 Å². The van der Waals surface area contributed by atoms with E-state index in [-0.39, 0.29) is 18.2 Å². The molecule has 2 aromatic carbocycles. The van der Waals surface area contributed by atoms with Gasteiger partial charge in [-0.1, -0.05) is 12.8 Å². The fourth-order valence-electron chi connectivity index (χ4n) is 6.89. The second-order valence-electron chi connectivity index (χ2n) is 12.2. The molecule has 1 aliphatic heterocycles. The predicted octanol–water partition coefficient (Wildman–Crippen LogP) is 6.31. The van der Waals surface area contributed by atoms with Crippen molar-refractivity contribution in [2.75, 3.05) is 13.1 Å². The zero-order valence-corrected chi connectivity index (χ0v) is 24.9. The quantitative estimate of drug-likeness (QED) is 0.367. The molecular weight excluding hydrogens is 502 g/mol. The van der Waals surface area contributed by atoms with Gasteiger partial charge in [0.25, 0.3) is 0 Å². The monoisotopic (exact) mass is 545 g/mol. The molecule has 0 unspecified atom stereocenters. The number of hydrogen-bond donors (Lipinski definition) is 1. The van der Waals surface area contributed by atoms with Gasteiger partial charge in [0.15, 0.2) is 0 Å². The van der Waals surface area contributed by atoms with E-state index >= 15 is 0 Å². The molecule has 5 rings (SSSR count). The van der Waals surface area contributed by atoms with Crippen molar-refractivity contribution in [3.05, 3.63) is 73.1 Å². The average Bonchev–Trinajstić information content (AvgIpc) is 2.94. The van der Waals surface area contributed by atoms with E-state index in [1.54, 1.807) is 6.07 Å². The summed E-state index contributed by atoms with van der Waals surface area (Å²) in [7, 11) is 0. The van der Waals surface area contributed by atoms with Gasteiger partial charge >= 0.3 is 5.63 Å². The van der Waals surface area contributed by atoms with Crippen LogP contribution in [0.2, 0.25) is 0 Å². The highest BCUT2D eigenvalue weighted by molar-refractivity contribution is 5.83. The molecule has 2 aliphatic rings. The Bertz CT molecular complexity index is 1490. The van der Waals surface area contributed by atoms with E-state index in [1.165, 1.54) is 33.4 Å². The van der Waals surface area contributed by atoms with Crippen molar-refractivity contribution >= 4 is 16.9 Å². The molecular formula is C34H43NO5. The minimum absolute atomic E-state index is 0.0439. The third-order valence-corrected chi connectivity index (χ3v) is 10.2. The number of benzene rings is 2. The van der Waals surface area contributed by atoms with Gasteiger partial charge in [-0.3, -0.25) is 4.79 Å². The van der Waals surface area contributed by atoms with Crippen LogP contribution in [0.15, 0.2) is 27.4 Å². The van der Waals surface area contributed by atoms with Crippen LogP contribution in [0.25, 0.3) is 11.0 Å². The molecule has 40 heavy (non-hydrogen) atoms. The van der Waals surface area contributed by atoms with E-state index in [2.05, 4.69) is 34.6 Å². The number of aryl methyl sites for hydroxylation is 1. The number of likely N-dealkylation sites (tertiary alicyclic amines) is 1. The zero-order chi connectivity index (χ0) is 28.8. The molecule has 3 aromatic rings. The molecule has 214 valence electrons. The first-order chi connectivity index (χ1) is 19.0. The maximum atomic E-state index is 13.1. The van der Waals surface area contributed by atoms with E-state index in [0.29, 0.717) is 49.4 Å². The molecule has 1 aliphatic carbocycles. The minimum Gasteiger partial charge on any atom is -0.489 e. The van der Waals surface area contributed by atoms with Crippen molar-refractivity contribution in [3.63, 3.8) is 0 Å². The second kappa shape index (κ2) is 11.0. The Morgan fingerprint density at radius 3 is 2.40 bits per heavy atom. The smallest absolute Gasteiger partial charge is 0.339 e. The SMILES string of the molecule is Cc1c(C)c(C)c(COc2ccc3c(C)c(CCC(=O)N4CC[C@]5(O)CCCC[C@@H]5C4)c(=O)oc3c2)c(C)c1C. The summed E-state index contributed by atoms with van der Waals surface area (Å²) >= 11 is 0. The van der Waals surface area contributed by atoms with Crippen molar-refractivity contribution in [2.24, 2.45) is 5.92 Å². The number of rotatable bonds is 6. The molecule has 1 saturated carbocycles. The van der Waals surface area contributed by atoms with Crippen LogP contribution in [-0.2, 0) is 17.8 Å². The lowest BCUT2D eigenvalue weighted by molar-refractivity contribution is -0.143. The molecule has 6 nitrogen and oxygen atoms in total. The van der Waals surface area contributed by atoms with Crippen LogP contribution in [-0.4, -0.2) is 34.6 Å². The molecule has 1 aromatic heterocycles. The van der Waals surface area contributed by atoms with E-state index < -0.39 is 11.2 Å². The summed E-state index contributed by atoms with van der Waals surface area (Å²) in [5.41, 5.74) is 8.51. The normalized spacial score (nSPS) is 21.0. The molecule has 2 fully saturated rings. The van der Waals surface area contributed by atoms with E-state index in [1.807, 2.05) is 24.0 Å². The first kappa shape index (κ1) is 28.4. The molecule has 2 atom stereocenters. The Labute approximate surface area is 237 Å². The average molecular weight is 546 g/mol. The van der Waals surface area contributed by atoms with Crippen LogP contribution in [0.4, 0.5) is 0 Å². The number of piperidine rings is 1. The molecule has 0 radical (unpaired) electrons. The highest BCUT2D eigenvalue weighted by Crippen LogP contribution is 2.40. The van der Waals surface area contributed by atoms with Crippen molar-refractivity contribution in [1.82, 2.24) is 4.90 Å². The minimum atomic E-state index is -0.608. The van der Waals surface area contributed by atoms with Gasteiger partial charge in [0.2, 0.25) is 5.91 Å². The van der Waals surface area contributed by atoms with E-state index in [4.69, 9.17) is 9.15 Å². The lowest BCUT2D eigenvalue weighted by Crippen LogP contribution is -2.54. The summed E-state index contributed by atoms with van der Waals surface area (Å²) in [6.45, 7) is 14.3. The predicted molar refractivity (Wildman–Crippen MR) is 158 cm³/mol. The number of hydrogen-bond acceptors (Lipinski definition) is 5. The number of aliphatic hydroxyl groups is 1. The lowest BCUT2D eigenvalue weighted by Gasteiger charge is -2.47. The van der Waals surface area contributed by atoms with Gasteiger partial charge in [0, 0.05) is 42.4 Å². The van der Waals surface area contributed by atoms with Gasteiger partial charge in [0.1, 0.15) is 17.9 Å². The molecule has 1 N–H and O–H groups in total. The molecule has 6 heteroatoms. The summed E-state index contributed by atoms with van der Waals surface area (Å²) in [5.74, 6) is 0.859. The number of ether oxygens (including phenoxy) is 1. The van der Waals surface area contributed by atoms with Crippen LogP contribution >= 0.6 is 0 Å². The third kappa shape index (κ3) is 5.18. The van der Waals surface area contributed by atoms with Crippen molar-refractivity contribution < 1.29 is 19.1 Å². The van der Waals surface area contributed by atoms with E-state index in [0.717, 1.165) is 36.6 Å². The summed E-state index contributed by atoms with van der Waals surface area (Å²) in [6.07, 6.45) is 5.25. The maximum Gasteiger partial charge on any atom is 0.339 e. The summed E-state index contributed by atoms with van der Waals surface area (Å²) in [6, 6.07) is 5.65. The Morgan fingerprint density at radius 2 is 1.68 bits per heavy atom. The van der Waals surface area contributed by atoms with Crippen LogP contribution in [0.1, 0.15) is 83.0 Å². The van der Waals surface area contributed by atoms with Gasteiger partial charge < -0.3 is 19.2 Å². The summed E-state index contributed by atoms with van der Waals surface area (Å²) in [5, 5.41) is 11.8. The Morgan fingerprint density at radius 1 is 0.975 bits per heavy atom. The first-order valence-electron chi connectivity index (χ1n) is 14.7. The van der Waals surface area contributed by atoms with Crippen LogP contribution in [0.3, 0.4) is 0 Å². The van der Waals surface area contributed by atoms with Gasteiger partial charge in [-0.2, -0.15) is 0 Å². The van der Waals surface area contributed by atoms with Gasteiger partial charge in [0.05, 0.1) is 5.60 Å². The molecule has 0 spiro atoms. The molecule has 1 amide bonds. The maximum absolute atomic E-state index is 13.1. The van der Waals surface area contributed by atoms with Crippen molar-refractivity contribution in [1.29, 1.82) is 0 Å². The highest BCUT2D eigenvalue weighted by Gasteiger charge is 2.43. The highest BCUT2D eigenvalue weighted by atomic mass is 16.5. The fourth-order valence-corrected chi connectivity index (χ4v) is 6.89.